The molecule has 1 aromatic heterocycles. The molecule has 4 aromatic rings. The molecule has 1 N–H and O–H groups in total. The molecule has 27 heavy (non-hydrogen) atoms. The second kappa shape index (κ2) is 7.02. The van der Waals surface area contributed by atoms with Crippen molar-refractivity contribution in [3.05, 3.63) is 102 Å². The fraction of sp³-hybridized carbons (Fsp3) is 0.0909. The van der Waals surface area contributed by atoms with Crippen molar-refractivity contribution in [1.82, 2.24) is 3.97 Å². The molecule has 0 saturated heterocycles. The summed E-state index contributed by atoms with van der Waals surface area (Å²) in [5, 5.41) is 10.4. The molecule has 0 unspecified atom stereocenters. The Bertz CT molecular complexity index is 1190. The molecule has 0 radical (unpaired) electrons. The first-order valence-electron chi connectivity index (χ1n) is 8.68. The summed E-state index contributed by atoms with van der Waals surface area (Å²) in [6.45, 7) is 0.00408. The third kappa shape index (κ3) is 3.27. The maximum Gasteiger partial charge on any atom is 0.268 e. The first-order chi connectivity index (χ1) is 13.1. The number of rotatable bonds is 5. The van der Waals surface area contributed by atoms with Gasteiger partial charge in [-0.05, 0) is 53.4 Å². The van der Waals surface area contributed by atoms with Gasteiger partial charge in [0, 0.05) is 11.6 Å². The minimum Gasteiger partial charge on any atom is -0.392 e. The minimum atomic E-state index is -3.62. The van der Waals surface area contributed by atoms with Gasteiger partial charge in [0.15, 0.2) is 0 Å². The fourth-order valence-corrected chi connectivity index (χ4v) is 4.67. The third-order valence-corrected chi connectivity index (χ3v) is 6.41. The molecule has 0 amide bonds. The van der Waals surface area contributed by atoms with Crippen LogP contribution < -0.4 is 0 Å². The molecule has 0 atom stereocenters. The van der Waals surface area contributed by atoms with Crippen LogP contribution in [-0.2, 0) is 23.1 Å². The molecule has 0 saturated carbocycles. The Morgan fingerprint density at radius 3 is 2.26 bits per heavy atom. The zero-order valence-corrected chi connectivity index (χ0v) is 15.4. The highest BCUT2D eigenvalue weighted by molar-refractivity contribution is 7.90. The second-order valence-corrected chi connectivity index (χ2v) is 8.24. The average Bonchev–Trinajstić information content (AvgIpc) is 3.13. The van der Waals surface area contributed by atoms with Crippen LogP contribution in [0, 0.1) is 0 Å². The van der Waals surface area contributed by atoms with Gasteiger partial charge in [-0.15, -0.1) is 0 Å². The number of aliphatic hydroxyl groups excluding tert-OH is 1. The Labute approximate surface area is 158 Å². The highest BCUT2D eigenvalue weighted by Crippen LogP contribution is 2.24. The first kappa shape index (κ1) is 17.5. The van der Waals surface area contributed by atoms with E-state index in [1.807, 2.05) is 48.5 Å². The van der Waals surface area contributed by atoms with Crippen LogP contribution in [0.3, 0.4) is 0 Å². The van der Waals surface area contributed by atoms with Crippen LogP contribution in [0.4, 0.5) is 0 Å². The van der Waals surface area contributed by atoms with Crippen LogP contribution in [0.5, 0.6) is 0 Å². The quantitative estimate of drug-likeness (QED) is 0.573. The Balaban J connectivity index is 1.72. The van der Waals surface area contributed by atoms with Crippen molar-refractivity contribution in [2.75, 3.05) is 0 Å². The molecular weight excluding hydrogens is 358 g/mol. The lowest BCUT2D eigenvalue weighted by Gasteiger charge is -2.09. The Hall–Kier alpha value is -2.89. The fourth-order valence-electron chi connectivity index (χ4n) is 3.30. The van der Waals surface area contributed by atoms with E-state index in [2.05, 4.69) is 0 Å². The van der Waals surface area contributed by atoms with Crippen LogP contribution in [0.15, 0.2) is 90.0 Å². The van der Waals surface area contributed by atoms with Gasteiger partial charge in [0.25, 0.3) is 10.0 Å². The molecule has 0 fully saturated rings. The van der Waals surface area contributed by atoms with Gasteiger partial charge in [-0.3, -0.25) is 0 Å². The molecular formula is C22H19NO3S. The Kier molecular flexibility index (Phi) is 4.56. The van der Waals surface area contributed by atoms with E-state index in [-0.39, 0.29) is 11.5 Å². The van der Waals surface area contributed by atoms with E-state index < -0.39 is 10.0 Å². The minimum absolute atomic E-state index is 0.00408. The van der Waals surface area contributed by atoms with E-state index in [1.165, 1.54) is 3.97 Å². The van der Waals surface area contributed by atoms with E-state index in [0.717, 1.165) is 22.1 Å². The van der Waals surface area contributed by atoms with E-state index in [9.17, 15) is 13.5 Å². The van der Waals surface area contributed by atoms with Crippen molar-refractivity contribution < 1.29 is 13.5 Å². The lowest BCUT2D eigenvalue weighted by Crippen LogP contribution is -2.11. The van der Waals surface area contributed by atoms with Crippen LogP contribution in [0.25, 0.3) is 10.9 Å². The van der Waals surface area contributed by atoms with Crippen LogP contribution >= 0.6 is 0 Å². The molecule has 3 aromatic carbocycles. The summed E-state index contributed by atoms with van der Waals surface area (Å²) >= 11 is 0. The summed E-state index contributed by atoms with van der Waals surface area (Å²) in [6, 6.07) is 23.8. The molecule has 0 spiro atoms. The predicted molar refractivity (Wildman–Crippen MR) is 106 cm³/mol. The smallest absolute Gasteiger partial charge is 0.268 e. The van der Waals surface area contributed by atoms with Gasteiger partial charge in [0.1, 0.15) is 0 Å². The molecule has 0 aliphatic carbocycles. The van der Waals surface area contributed by atoms with Crippen LogP contribution in [-0.4, -0.2) is 17.5 Å². The van der Waals surface area contributed by atoms with E-state index in [1.54, 1.807) is 36.5 Å². The van der Waals surface area contributed by atoms with Crippen molar-refractivity contribution in [2.45, 2.75) is 17.9 Å². The predicted octanol–water partition coefficient (Wildman–Crippen LogP) is 3.96. The van der Waals surface area contributed by atoms with Crippen molar-refractivity contribution in [2.24, 2.45) is 0 Å². The van der Waals surface area contributed by atoms with Crippen LogP contribution in [0.1, 0.15) is 16.7 Å². The number of aromatic nitrogens is 1. The number of nitrogens with zero attached hydrogens (tertiary/aromatic N) is 1. The van der Waals surface area contributed by atoms with E-state index >= 15 is 0 Å². The van der Waals surface area contributed by atoms with Crippen LogP contribution in [0.2, 0.25) is 0 Å². The van der Waals surface area contributed by atoms with Crippen molar-refractivity contribution in [1.29, 1.82) is 0 Å². The SMILES string of the molecule is O=S(=O)(c1ccccc1)n1ccc2cc(Cc3ccccc3CO)ccc21. The maximum atomic E-state index is 12.9. The standard InChI is InChI=1S/C22H19NO3S/c24-16-20-7-5-4-6-18(20)14-17-10-11-22-19(15-17)12-13-23(22)27(25,26)21-8-2-1-3-9-21/h1-13,15,24H,14,16H2. The van der Waals surface area contributed by atoms with E-state index in [0.29, 0.717) is 11.9 Å². The lowest BCUT2D eigenvalue weighted by molar-refractivity contribution is 0.281. The lowest BCUT2D eigenvalue weighted by atomic mass is 9.99. The van der Waals surface area contributed by atoms with Crippen molar-refractivity contribution in [3.63, 3.8) is 0 Å². The van der Waals surface area contributed by atoms with Crippen molar-refractivity contribution in [3.8, 4) is 0 Å². The zero-order valence-electron chi connectivity index (χ0n) is 14.6. The molecule has 0 aliphatic rings. The number of hydrogen-bond donors (Lipinski definition) is 1. The van der Waals surface area contributed by atoms with E-state index in [4.69, 9.17) is 0 Å². The highest BCUT2D eigenvalue weighted by Gasteiger charge is 2.18. The largest absolute Gasteiger partial charge is 0.392 e. The maximum absolute atomic E-state index is 12.9. The summed E-state index contributed by atoms with van der Waals surface area (Å²) in [5.41, 5.74) is 3.69. The second-order valence-electron chi connectivity index (χ2n) is 6.43. The Morgan fingerprint density at radius 2 is 1.52 bits per heavy atom. The molecule has 1 heterocycles. The molecule has 0 bridgehead atoms. The molecule has 136 valence electrons. The number of hydrogen-bond acceptors (Lipinski definition) is 3. The van der Waals surface area contributed by atoms with Gasteiger partial charge in [-0.1, -0.05) is 48.5 Å². The molecule has 4 rings (SSSR count). The Morgan fingerprint density at radius 1 is 0.815 bits per heavy atom. The molecule has 5 heteroatoms. The molecule has 4 nitrogen and oxygen atoms in total. The number of fused-ring (bicyclic) bond motifs is 1. The monoisotopic (exact) mass is 377 g/mol. The average molecular weight is 377 g/mol. The number of aliphatic hydroxyl groups is 1. The zero-order chi connectivity index (χ0) is 18.9. The molecule has 0 aliphatic heterocycles. The summed E-state index contributed by atoms with van der Waals surface area (Å²) < 4.78 is 27.1. The summed E-state index contributed by atoms with van der Waals surface area (Å²) in [7, 11) is -3.62. The summed E-state index contributed by atoms with van der Waals surface area (Å²) in [5.74, 6) is 0. The van der Waals surface area contributed by atoms with Gasteiger partial charge in [-0.2, -0.15) is 0 Å². The van der Waals surface area contributed by atoms with Gasteiger partial charge in [0.2, 0.25) is 0 Å². The van der Waals surface area contributed by atoms with Gasteiger partial charge < -0.3 is 5.11 Å². The van der Waals surface area contributed by atoms with Gasteiger partial charge >= 0.3 is 0 Å². The van der Waals surface area contributed by atoms with Gasteiger partial charge in [-0.25, -0.2) is 12.4 Å². The van der Waals surface area contributed by atoms with Crippen molar-refractivity contribution >= 4 is 20.9 Å². The topological polar surface area (TPSA) is 59.3 Å². The summed E-state index contributed by atoms with van der Waals surface area (Å²) in [4.78, 5) is 0.267. The third-order valence-electron chi connectivity index (χ3n) is 4.70. The highest BCUT2D eigenvalue weighted by atomic mass is 32.2. The normalized spacial score (nSPS) is 11.7. The first-order valence-corrected chi connectivity index (χ1v) is 10.1. The summed E-state index contributed by atoms with van der Waals surface area (Å²) in [6.07, 6.45) is 2.28. The van der Waals surface area contributed by atoms with Gasteiger partial charge in [0.05, 0.1) is 17.0 Å². The number of benzene rings is 3.